The molecular weight excluding hydrogens is 314 g/mol. The quantitative estimate of drug-likeness (QED) is 0.840. The van der Waals surface area contributed by atoms with E-state index in [4.69, 9.17) is 0 Å². The number of nitrogens with one attached hydrogen (secondary N) is 1. The topological polar surface area (TPSA) is 52.7 Å². The molecule has 2 amide bonds. The summed E-state index contributed by atoms with van der Waals surface area (Å²) < 4.78 is 0. The van der Waals surface area contributed by atoms with Gasteiger partial charge in [0.2, 0.25) is 0 Å². The van der Waals surface area contributed by atoms with Crippen molar-refractivity contribution in [3.8, 4) is 0 Å². The third kappa shape index (κ3) is 4.53. The Bertz CT molecular complexity index is 606. The molecule has 1 aromatic rings. The lowest BCUT2D eigenvalue weighted by Gasteiger charge is -2.32. The minimum Gasteiger partial charge on any atom is -0.372 e. The Hall–Kier alpha value is -2.04. The second kappa shape index (κ2) is 7.89. The van der Waals surface area contributed by atoms with Crippen LogP contribution in [0.5, 0.6) is 0 Å². The number of anilines is 2. The minimum absolute atomic E-state index is 0.416. The van der Waals surface area contributed by atoms with Crippen LogP contribution in [-0.2, 0) is 9.59 Å². The summed E-state index contributed by atoms with van der Waals surface area (Å²) in [5, 5.41) is 2.74. The number of hydrogen-bond acceptors (Lipinski definition) is 3. The first-order chi connectivity index (χ1) is 12.0. The number of benzene rings is 1. The number of rotatable bonds is 2. The van der Waals surface area contributed by atoms with Crippen molar-refractivity contribution in [2.75, 3.05) is 36.4 Å². The molecule has 0 bridgehead atoms. The van der Waals surface area contributed by atoms with Crippen LogP contribution in [0.4, 0.5) is 11.4 Å². The molecule has 2 heterocycles. The van der Waals surface area contributed by atoms with Gasteiger partial charge in [-0.25, -0.2) is 0 Å². The third-order valence-corrected chi connectivity index (χ3v) is 5.41. The molecule has 2 fully saturated rings. The van der Waals surface area contributed by atoms with Gasteiger partial charge in [-0.2, -0.15) is 0 Å². The van der Waals surface area contributed by atoms with Gasteiger partial charge in [-0.15, -0.1) is 0 Å². The Labute approximate surface area is 150 Å². The molecule has 136 valence electrons. The predicted molar refractivity (Wildman–Crippen MR) is 101 cm³/mol. The molecule has 25 heavy (non-hydrogen) atoms. The van der Waals surface area contributed by atoms with Crippen molar-refractivity contribution in [1.82, 2.24) is 4.90 Å². The van der Waals surface area contributed by atoms with Gasteiger partial charge in [0.1, 0.15) is 0 Å². The van der Waals surface area contributed by atoms with E-state index in [-0.39, 0.29) is 0 Å². The van der Waals surface area contributed by atoms with E-state index in [1.807, 2.05) is 24.3 Å². The van der Waals surface area contributed by atoms with Crippen molar-refractivity contribution in [2.45, 2.75) is 39.5 Å². The summed E-state index contributed by atoms with van der Waals surface area (Å²) in [5.74, 6) is 0.324. The van der Waals surface area contributed by atoms with Crippen LogP contribution in [0, 0.1) is 11.8 Å². The van der Waals surface area contributed by atoms with Crippen LogP contribution in [-0.4, -0.2) is 42.9 Å². The Morgan fingerprint density at radius 3 is 2.28 bits per heavy atom. The fourth-order valence-electron chi connectivity index (χ4n) is 3.72. The summed E-state index contributed by atoms with van der Waals surface area (Å²) in [6.45, 7) is 7.95. The summed E-state index contributed by atoms with van der Waals surface area (Å²) in [6, 6.07) is 7.83. The second-order valence-corrected chi connectivity index (χ2v) is 7.67. The smallest absolute Gasteiger partial charge is 0.313 e. The largest absolute Gasteiger partial charge is 0.372 e. The van der Waals surface area contributed by atoms with Crippen LogP contribution >= 0.6 is 0 Å². The second-order valence-electron chi connectivity index (χ2n) is 7.67. The standard InChI is InChI=1S/C20H29N3O2/c1-15-9-12-22(13-10-15)18-7-5-17(6-8-18)21-19(24)20(25)23-11-3-4-16(2)14-23/h5-8,15-16H,3-4,9-14H2,1-2H3,(H,21,24). The summed E-state index contributed by atoms with van der Waals surface area (Å²) in [6.07, 6.45) is 4.55. The number of likely N-dealkylation sites (tertiary alicyclic amines) is 1. The average Bonchev–Trinajstić information content (AvgIpc) is 2.62. The van der Waals surface area contributed by atoms with Gasteiger partial charge in [0.15, 0.2) is 0 Å². The lowest BCUT2D eigenvalue weighted by atomic mass is 9.99. The van der Waals surface area contributed by atoms with Gasteiger partial charge in [0.25, 0.3) is 0 Å². The lowest BCUT2D eigenvalue weighted by molar-refractivity contribution is -0.144. The molecule has 1 N–H and O–H groups in total. The fraction of sp³-hybridized carbons (Fsp3) is 0.600. The van der Waals surface area contributed by atoms with Crippen molar-refractivity contribution < 1.29 is 9.59 Å². The van der Waals surface area contributed by atoms with Gasteiger partial charge in [-0.1, -0.05) is 13.8 Å². The number of hydrogen-bond donors (Lipinski definition) is 1. The van der Waals surface area contributed by atoms with Crippen LogP contribution in [0.2, 0.25) is 0 Å². The SMILES string of the molecule is CC1CCN(c2ccc(NC(=O)C(=O)N3CCCC(C)C3)cc2)CC1. The van der Waals surface area contributed by atoms with E-state index in [2.05, 4.69) is 24.1 Å². The molecule has 1 unspecified atom stereocenters. The molecule has 5 heteroatoms. The Morgan fingerprint density at radius 1 is 0.960 bits per heavy atom. The molecular formula is C20H29N3O2. The molecule has 2 saturated heterocycles. The Balaban J connectivity index is 1.55. The maximum absolute atomic E-state index is 12.3. The van der Waals surface area contributed by atoms with Crippen molar-refractivity contribution in [1.29, 1.82) is 0 Å². The van der Waals surface area contributed by atoms with Crippen LogP contribution in [0.3, 0.4) is 0 Å². The molecule has 1 aromatic carbocycles. The monoisotopic (exact) mass is 343 g/mol. The number of amides is 2. The highest BCUT2D eigenvalue weighted by Gasteiger charge is 2.26. The summed E-state index contributed by atoms with van der Waals surface area (Å²) in [7, 11) is 0. The van der Waals surface area contributed by atoms with Crippen molar-refractivity contribution in [3.05, 3.63) is 24.3 Å². The van der Waals surface area contributed by atoms with E-state index in [0.717, 1.165) is 31.8 Å². The fourth-order valence-corrected chi connectivity index (χ4v) is 3.72. The molecule has 3 rings (SSSR count). The molecule has 5 nitrogen and oxygen atoms in total. The highest BCUT2D eigenvalue weighted by atomic mass is 16.2. The minimum atomic E-state index is -0.534. The number of nitrogens with zero attached hydrogens (tertiary/aromatic N) is 2. The lowest BCUT2D eigenvalue weighted by Crippen LogP contribution is -2.44. The van der Waals surface area contributed by atoms with Crippen molar-refractivity contribution in [3.63, 3.8) is 0 Å². The van der Waals surface area contributed by atoms with E-state index < -0.39 is 11.8 Å². The molecule has 0 spiro atoms. The van der Waals surface area contributed by atoms with E-state index in [1.165, 1.54) is 18.5 Å². The summed E-state index contributed by atoms with van der Waals surface area (Å²) in [4.78, 5) is 28.6. The maximum atomic E-state index is 12.3. The Kier molecular flexibility index (Phi) is 5.61. The summed E-state index contributed by atoms with van der Waals surface area (Å²) in [5.41, 5.74) is 1.86. The first-order valence-electron chi connectivity index (χ1n) is 9.48. The van der Waals surface area contributed by atoms with E-state index in [9.17, 15) is 9.59 Å². The highest BCUT2D eigenvalue weighted by molar-refractivity contribution is 6.39. The molecule has 0 radical (unpaired) electrons. The van der Waals surface area contributed by atoms with E-state index in [1.54, 1.807) is 4.90 Å². The maximum Gasteiger partial charge on any atom is 0.313 e. The van der Waals surface area contributed by atoms with Crippen LogP contribution in [0.25, 0.3) is 0 Å². The molecule has 0 aromatic heterocycles. The molecule has 1 atom stereocenters. The predicted octanol–water partition coefficient (Wildman–Crippen LogP) is 3.12. The Morgan fingerprint density at radius 2 is 1.64 bits per heavy atom. The number of piperidine rings is 2. The van der Waals surface area contributed by atoms with Gasteiger partial charge in [0.05, 0.1) is 0 Å². The molecule has 2 aliphatic heterocycles. The van der Waals surface area contributed by atoms with E-state index in [0.29, 0.717) is 24.7 Å². The van der Waals surface area contributed by atoms with Gasteiger partial charge in [0, 0.05) is 37.6 Å². The number of carbonyl (C=O) groups is 2. The normalized spacial score (nSPS) is 21.9. The van der Waals surface area contributed by atoms with Crippen LogP contribution < -0.4 is 10.2 Å². The van der Waals surface area contributed by atoms with Gasteiger partial charge >= 0.3 is 11.8 Å². The highest BCUT2D eigenvalue weighted by Crippen LogP contribution is 2.24. The van der Waals surface area contributed by atoms with Gasteiger partial charge < -0.3 is 15.1 Å². The molecule has 2 aliphatic rings. The van der Waals surface area contributed by atoms with E-state index >= 15 is 0 Å². The zero-order chi connectivity index (χ0) is 17.8. The van der Waals surface area contributed by atoms with Crippen molar-refractivity contribution >= 4 is 23.2 Å². The zero-order valence-electron chi connectivity index (χ0n) is 15.3. The zero-order valence-corrected chi connectivity index (χ0v) is 15.3. The number of carbonyl (C=O) groups excluding carboxylic acids is 2. The third-order valence-electron chi connectivity index (χ3n) is 5.41. The van der Waals surface area contributed by atoms with Gasteiger partial charge in [-0.3, -0.25) is 9.59 Å². The summed E-state index contributed by atoms with van der Waals surface area (Å²) >= 11 is 0. The van der Waals surface area contributed by atoms with Crippen LogP contribution in [0.15, 0.2) is 24.3 Å². The first-order valence-corrected chi connectivity index (χ1v) is 9.48. The first kappa shape index (κ1) is 17.8. The van der Waals surface area contributed by atoms with Crippen molar-refractivity contribution in [2.24, 2.45) is 11.8 Å². The van der Waals surface area contributed by atoms with Crippen LogP contribution in [0.1, 0.15) is 39.5 Å². The average molecular weight is 343 g/mol. The molecule has 0 saturated carbocycles. The van der Waals surface area contributed by atoms with Gasteiger partial charge in [-0.05, 0) is 61.8 Å². The molecule has 0 aliphatic carbocycles.